The van der Waals surface area contributed by atoms with Gasteiger partial charge in [0.25, 0.3) is 5.91 Å². The lowest BCUT2D eigenvalue weighted by Gasteiger charge is -2.20. The molecular formula is C30H39N7O2. The number of carbonyl (C=O) groups excluding carboxylic acids is 2. The zero-order valence-electron chi connectivity index (χ0n) is 23.8. The number of benzene rings is 1. The number of amides is 1. The summed E-state index contributed by atoms with van der Waals surface area (Å²) in [5.74, 6) is 0.229. The fraction of sp³-hybridized carbons (Fsp3) is 0.433. The SMILES string of the molecule is CCc1cc2cc(C(=O)NC(CC)c3nnn(C)n3)ccn2c1C(=O)c1ccc(CCCNC(C)(C)C)cc1. The van der Waals surface area contributed by atoms with E-state index in [4.69, 9.17) is 0 Å². The number of rotatable bonds is 11. The summed E-state index contributed by atoms with van der Waals surface area (Å²) in [6.45, 7) is 11.4. The molecule has 1 atom stereocenters. The Morgan fingerprint density at radius 1 is 1.03 bits per heavy atom. The standard InChI is InChI=1S/C30H39N7O2/c1-7-21-18-24-19-23(29(39)32-25(8-2)28-33-35-36(6)34-28)15-17-37(24)26(21)27(38)22-13-11-20(12-14-22)10-9-16-31-30(3,4)5/h11-15,17-19,25,31H,7-10,16H2,1-6H3,(H,32,39). The van der Waals surface area contributed by atoms with E-state index in [1.165, 1.54) is 10.4 Å². The minimum Gasteiger partial charge on any atom is -0.342 e. The average molecular weight is 530 g/mol. The molecule has 0 bridgehead atoms. The minimum absolute atomic E-state index is 0.0234. The van der Waals surface area contributed by atoms with Crippen molar-refractivity contribution in [2.75, 3.05) is 6.54 Å². The van der Waals surface area contributed by atoms with Gasteiger partial charge in [0.05, 0.1) is 18.8 Å². The van der Waals surface area contributed by atoms with E-state index >= 15 is 0 Å². The maximum absolute atomic E-state index is 13.6. The van der Waals surface area contributed by atoms with Crippen LogP contribution in [0.3, 0.4) is 0 Å². The molecule has 0 saturated heterocycles. The highest BCUT2D eigenvalue weighted by Crippen LogP contribution is 2.23. The van der Waals surface area contributed by atoms with Crippen LogP contribution in [-0.4, -0.2) is 48.4 Å². The number of hydrogen-bond acceptors (Lipinski definition) is 6. The molecule has 1 amide bonds. The van der Waals surface area contributed by atoms with Gasteiger partial charge in [-0.3, -0.25) is 9.59 Å². The molecular weight excluding hydrogens is 490 g/mol. The lowest BCUT2D eigenvalue weighted by atomic mass is 10.0. The molecule has 0 aliphatic rings. The summed E-state index contributed by atoms with van der Waals surface area (Å²) >= 11 is 0. The first kappa shape index (κ1) is 28.2. The topological polar surface area (TPSA) is 106 Å². The van der Waals surface area contributed by atoms with Crippen molar-refractivity contribution >= 4 is 17.2 Å². The summed E-state index contributed by atoms with van der Waals surface area (Å²) in [6, 6.07) is 13.1. The first-order valence-corrected chi connectivity index (χ1v) is 13.7. The Morgan fingerprint density at radius 2 is 1.77 bits per heavy atom. The van der Waals surface area contributed by atoms with E-state index in [0.29, 0.717) is 35.5 Å². The third-order valence-electron chi connectivity index (χ3n) is 6.77. The van der Waals surface area contributed by atoms with Gasteiger partial charge in [-0.25, -0.2) is 0 Å². The second kappa shape index (κ2) is 11.9. The van der Waals surface area contributed by atoms with E-state index in [1.807, 2.05) is 54.6 Å². The van der Waals surface area contributed by atoms with Crippen molar-refractivity contribution in [1.82, 2.24) is 35.2 Å². The smallest absolute Gasteiger partial charge is 0.252 e. The van der Waals surface area contributed by atoms with E-state index in [9.17, 15) is 9.59 Å². The summed E-state index contributed by atoms with van der Waals surface area (Å²) in [4.78, 5) is 28.0. The molecule has 0 fully saturated rings. The molecule has 0 aliphatic heterocycles. The highest BCUT2D eigenvalue weighted by molar-refractivity contribution is 6.10. The molecule has 1 unspecified atom stereocenters. The van der Waals surface area contributed by atoms with Gasteiger partial charge in [0.1, 0.15) is 0 Å². The molecule has 4 rings (SSSR count). The summed E-state index contributed by atoms with van der Waals surface area (Å²) in [5, 5.41) is 18.6. The molecule has 39 heavy (non-hydrogen) atoms. The van der Waals surface area contributed by atoms with Crippen LogP contribution in [0.2, 0.25) is 0 Å². The monoisotopic (exact) mass is 529 g/mol. The molecule has 0 aliphatic carbocycles. The Labute approximate surface area is 230 Å². The van der Waals surface area contributed by atoms with E-state index in [2.05, 4.69) is 46.8 Å². The summed E-state index contributed by atoms with van der Waals surface area (Å²) < 4.78 is 1.88. The third-order valence-corrected chi connectivity index (χ3v) is 6.77. The van der Waals surface area contributed by atoms with Crippen molar-refractivity contribution in [1.29, 1.82) is 0 Å². The fourth-order valence-corrected chi connectivity index (χ4v) is 4.64. The number of tetrazole rings is 1. The number of nitrogens with zero attached hydrogens (tertiary/aromatic N) is 5. The van der Waals surface area contributed by atoms with Gasteiger partial charge >= 0.3 is 0 Å². The highest BCUT2D eigenvalue weighted by atomic mass is 16.1. The second-order valence-corrected chi connectivity index (χ2v) is 11.0. The van der Waals surface area contributed by atoms with Crippen LogP contribution in [-0.2, 0) is 19.9 Å². The van der Waals surface area contributed by atoms with Gasteiger partial charge in [0, 0.05) is 28.4 Å². The quantitative estimate of drug-likeness (QED) is 0.220. The molecule has 0 saturated carbocycles. The van der Waals surface area contributed by atoms with Crippen LogP contribution in [0.15, 0.2) is 48.7 Å². The van der Waals surface area contributed by atoms with Gasteiger partial charge in [0.2, 0.25) is 5.78 Å². The largest absolute Gasteiger partial charge is 0.342 e. The van der Waals surface area contributed by atoms with Crippen LogP contribution in [0.1, 0.15) is 96.9 Å². The third kappa shape index (κ3) is 6.78. The van der Waals surface area contributed by atoms with Gasteiger partial charge in [0.15, 0.2) is 5.82 Å². The Bertz CT molecular complexity index is 1440. The zero-order chi connectivity index (χ0) is 28.2. The lowest BCUT2D eigenvalue weighted by molar-refractivity contribution is 0.0933. The van der Waals surface area contributed by atoms with Gasteiger partial charge < -0.3 is 15.0 Å². The zero-order valence-corrected chi connectivity index (χ0v) is 23.8. The Hall–Kier alpha value is -3.85. The van der Waals surface area contributed by atoms with Crippen LogP contribution >= 0.6 is 0 Å². The first-order chi connectivity index (χ1) is 18.6. The van der Waals surface area contributed by atoms with Crippen LogP contribution in [0.4, 0.5) is 0 Å². The number of aryl methyl sites for hydroxylation is 3. The number of carbonyl (C=O) groups is 2. The molecule has 2 N–H and O–H groups in total. The van der Waals surface area contributed by atoms with Crippen molar-refractivity contribution in [3.8, 4) is 0 Å². The average Bonchev–Trinajstić information content (AvgIpc) is 3.51. The predicted octanol–water partition coefficient (Wildman–Crippen LogP) is 4.46. The number of ketones is 1. The number of nitrogens with one attached hydrogen (secondary N) is 2. The Kier molecular flexibility index (Phi) is 8.60. The van der Waals surface area contributed by atoms with Crippen molar-refractivity contribution in [2.24, 2.45) is 7.05 Å². The van der Waals surface area contributed by atoms with Crippen LogP contribution in [0, 0.1) is 0 Å². The summed E-state index contributed by atoms with van der Waals surface area (Å²) in [7, 11) is 1.69. The molecule has 1 aromatic carbocycles. The van der Waals surface area contributed by atoms with E-state index in [1.54, 1.807) is 19.3 Å². The van der Waals surface area contributed by atoms with E-state index in [0.717, 1.165) is 30.5 Å². The van der Waals surface area contributed by atoms with Crippen molar-refractivity contribution in [3.63, 3.8) is 0 Å². The fourth-order valence-electron chi connectivity index (χ4n) is 4.64. The molecule has 3 aromatic heterocycles. The second-order valence-electron chi connectivity index (χ2n) is 11.0. The normalized spacial score (nSPS) is 12.6. The number of aromatic nitrogens is 5. The molecule has 0 radical (unpaired) electrons. The number of pyridine rings is 1. The van der Waals surface area contributed by atoms with E-state index in [-0.39, 0.29) is 23.3 Å². The first-order valence-electron chi connectivity index (χ1n) is 13.7. The number of hydrogen-bond donors (Lipinski definition) is 2. The lowest BCUT2D eigenvalue weighted by Crippen LogP contribution is -2.36. The van der Waals surface area contributed by atoms with E-state index < -0.39 is 0 Å². The van der Waals surface area contributed by atoms with Gasteiger partial charge in [-0.2, -0.15) is 4.80 Å². The maximum Gasteiger partial charge on any atom is 0.252 e. The van der Waals surface area contributed by atoms with Crippen molar-refractivity contribution in [2.45, 2.75) is 71.9 Å². The molecule has 3 heterocycles. The molecule has 206 valence electrons. The van der Waals surface area contributed by atoms with Crippen LogP contribution in [0.25, 0.3) is 5.52 Å². The van der Waals surface area contributed by atoms with Crippen LogP contribution in [0.5, 0.6) is 0 Å². The maximum atomic E-state index is 13.6. The predicted molar refractivity (Wildman–Crippen MR) is 152 cm³/mol. The molecule has 4 aromatic rings. The van der Waals surface area contributed by atoms with Crippen molar-refractivity contribution in [3.05, 3.63) is 82.4 Å². The summed E-state index contributed by atoms with van der Waals surface area (Å²) in [5.41, 5.74) is 4.89. The van der Waals surface area contributed by atoms with Gasteiger partial charge in [-0.05, 0) is 87.5 Å². The van der Waals surface area contributed by atoms with Crippen molar-refractivity contribution < 1.29 is 9.59 Å². The minimum atomic E-state index is -0.338. The van der Waals surface area contributed by atoms with Gasteiger partial charge in [-0.1, -0.05) is 38.1 Å². The van der Waals surface area contributed by atoms with Gasteiger partial charge in [-0.15, -0.1) is 10.2 Å². The summed E-state index contributed by atoms with van der Waals surface area (Å²) in [6.07, 6.45) is 5.14. The molecule has 0 spiro atoms. The molecule has 9 heteroatoms. The molecule has 9 nitrogen and oxygen atoms in total. The highest BCUT2D eigenvalue weighted by Gasteiger charge is 2.21. The Balaban J connectivity index is 1.50. The Morgan fingerprint density at radius 3 is 2.38 bits per heavy atom. The number of fused-ring (bicyclic) bond motifs is 1. The van der Waals surface area contributed by atoms with Crippen LogP contribution < -0.4 is 10.6 Å².